The van der Waals surface area contributed by atoms with Crippen molar-refractivity contribution in [2.75, 3.05) is 28.4 Å². The average Bonchev–Trinajstić information content (AvgIpc) is 2.58. The zero-order chi connectivity index (χ0) is 17.0. The molecule has 12 nitrogen and oxygen atoms in total. The third kappa shape index (κ3) is 2.00. The number of methoxy groups -OCH3 is 4. The van der Waals surface area contributed by atoms with Gasteiger partial charge in [-0.1, -0.05) is 20.6 Å². The molecular formula is C10H16N4O8. The first-order valence-electron chi connectivity index (χ1n) is 5.64. The van der Waals surface area contributed by atoms with Crippen LogP contribution in [0.4, 0.5) is 0 Å². The molecule has 0 unspecified atom stereocenters. The minimum atomic E-state index is -2.15. The Balaban J connectivity index is 3.89. The van der Waals surface area contributed by atoms with Crippen LogP contribution in [0.2, 0.25) is 0 Å². The lowest BCUT2D eigenvalue weighted by Gasteiger charge is -2.42. The van der Waals surface area contributed by atoms with Gasteiger partial charge >= 0.3 is 0 Å². The molecule has 1 aliphatic rings. The van der Waals surface area contributed by atoms with Gasteiger partial charge in [0, 0.05) is 28.4 Å². The van der Waals surface area contributed by atoms with Crippen LogP contribution in [-0.2, 0) is 18.9 Å². The first-order chi connectivity index (χ1) is 10.5. The van der Waals surface area contributed by atoms with Gasteiger partial charge in [0.05, 0.1) is 0 Å². The smallest absolute Gasteiger partial charge is 0.268 e. The fourth-order valence-electron chi connectivity index (χ4n) is 2.24. The Labute approximate surface area is 124 Å². The van der Waals surface area contributed by atoms with Gasteiger partial charge in [0.25, 0.3) is 11.6 Å². The second-order valence-electron chi connectivity index (χ2n) is 3.84. The van der Waals surface area contributed by atoms with Crippen LogP contribution in [0.3, 0.4) is 0 Å². The Kier molecular flexibility index (Phi) is 5.38. The lowest BCUT2D eigenvalue weighted by atomic mass is 9.81. The molecule has 0 radical (unpaired) electrons. The maximum atomic E-state index is 9.27. The Bertz CT molecular complexity index is 445. The first-order valence-corrected chi connectivity index (χ1v) is 5.64. The van der Waals surface area contributed by atoms with Gasteiger partial charge < -0.3 is 39.8 Å². The van der Waals surface area contributed by atoms with E-state index < -0.39 is 34.4 Å². The molecule has 1 rings (SSSR count). The van der Waals surface area contributed by atoms with E-state index in [1.165, 1.54) is 0 Å². The largest absolute Gasteiger partial charge is 0.410 e. The highest BCUT2D eigenvalue weighted by molar-refractivity contribution is 6.69. The normalized spacial score (nSPS) is 27.8. The first kappa shape index (κ1) is 17.8. The number of hydrogen-bond donors (Lipinski definition) is 4. The standard InChI is InChI=1S/C10H16N4O8/c1-19-9(20-2)5(11-15)7(13-17)10(21-3,22-4)8(14-18)6(9)12-16/h15-18H,1-4H3/b11-5+,12-6+,13-7+,14-8+. The van der Waals surface area contributed by atoms with Gasteiger partial charge in [-0.05, 0) is 0 Å². The van der Waals surface area contributed by atoms with Crippen molar-refractivity contribution in [1.82, 2.24) is 0 Å². The number of nitrogens with zero attached hydrogens (tertiary/aromatic N) is 4. The van der Waals surface area contributed by atoms with Crippen molar-refractivity contribution in [3.63, 3.8) is 0 Å². The Hall–Kier alpha value is -2.28. The third-order valence-electron chi connectivity index (χ3n) is 3.25. The molecule has 0 aromatic carbocycles. The fraction of sp³-hybridized carbons (Fsp3) is 0.600. The number of oxime groups is 4. The summed E-state index contributed by atoms with van der Waals surface area (Å²) >= 11 is 0. The van der Waals surface area contributed by atoms with Crippen LogP contribution in [-0.4, -0.2) is 83.7 Å². The van der Waals surface area contributed by atoms with Gasteiger partial charge in [0.1, 0.15) is 0 Å². The zero-order valence-electron chi connectivity index (χ0n) is 12.2. The summed E-state index contributed by atoms with van der Waals surface area (Å²) in [5, 5.41) is 48.8. The van der Waals surface area contributed by atoms with Crippen molar-refractivity contribution in [3.05, 3.63) is 0 Å². The van der Waals surface area contributed by atoms with E-state index in [0.29, 0.717) is 0 Å². The van der Waals surface area contributed by atoms with E-state index in [-0.39, 0.29) is 0 Å². The van der Waals surface area contributed by atoms with Gasteiger partial charge in [0.15, 0.2) is 22.8 Å². The monoisotopic (exact) mass is 320 g/mol. The summed E-state index contributed by atoms with van der Waals surface area (Å²) in [4.78, 5) is 0. The summed E-state index contributed by atoms with van der Waals surface area (Å²) in [6.07, 6.45) is 0. The lowest BCUT2D eigenvalue weighted by molar-refractivity contribution is -0.122. The number of hydrogen-bond acceptors (Lipinski definition) is 12. The molecule has 4 N–H and O–H groups in total. The van der Waals surface area contributed by atoms with Crippen molar-refractivity contribution in [2.45, 2.75) is 11.6 Å². The van der Waals surface area contributed by atoms with Crippen molar-refractivity contribution in [3.8, 4) is 0 Å². The van der Waals surface area contributed by atoms with E-state index in [9.17, 15) is 20.8 Å². The SMILES string of the molecule is COC1(OC)C(=N/O)/C(=N\O)C(OC)(OC)C(=N/O)/C1=N\O. The van der Waals surface area contributed by atoms with E-state index in [0.717, 1.165) is 28.4 Å². The topological polar surface area (TPSA) is 167 Å². The van der Waals surface area contributed by atoms with Gasteiger partial charge in [-0.3, -0.25) is 0 Å². The fourth-order valence-corrected chi connectivity index (χ4v) is 2.24. The van der Waals surface area contributed by atoms with E-state index in [4.69, 9.17) is 18.9 Å². The molecule has 0 saturated heterocycles. The molecular weight excluding hydrogens is 304 g/mol. The summed E-state index contributed by atoms with van der Waals surface area (Å²) in [5.41, 5.74) is -2.21. The summed E-state index contributed by atoms with van der Waals surface area (Å²) in [6.45, 7) is 0. The molecule has 0 atom stereocenters. The zero-order valence-corrected chi connectivity index (χ0v) is 12.2. The number of rotatable bonds is 4. The van der Waals surface area contributed by atoms with Gasteiger partial charge in [-0.2, -0.15) is 0 Å². The van der Waals surface area contributed by atoms with Crippen LogP contribution in [0.25, 0.3) is 0 Å². The molecule has 0 bridgehead atoms. The van der Waals surface area contributed by atoms with Gasteiger partial charge in [-0.25, -0.2) is 0 Å². The summed E-state index contributed by atoms with van der Waals surface area (Å²) in [5.74, 6) is -4.29. The van der Waals surface area contributed by atoms with Gasteiger partial charge in [0.2, 0.25) is 0 Å². The predicted octanol–water partition coefficient (Wildman–Crippen LogP) is -0.701. The minimum Gasteiger partial charge on any atom is -0.410 e. The van der Waals surface area contributed by atoms with Crippen molar-refractivity contribution in [2.24, 2.45) is 20.6 Å². The van der Waals surface area contributed by atoms with E-state index in [1.807, 2.05) is 0 Å². The molecule has 0 aromatic rings. The number of ether oxygens (including phenoxy) is 4. The van der Waals surface area contributed by atoms with Crippen molar-refractivity contribution in [1.29, 1.82) is 0 Å². The van der Waals surface area contributed by atoms with Crippen LogP contribution in [0.15, 0.2) is 20.6 Å². The molecule has 124 valence electrons. The highest BCUT2D eigenvalue weighted by Crippen LogP contribution is 2.33. The summed E-state index contributed by atoms with van der Waals surface area (Å²) < 4.78 is 20.3. The molecule has 0 aliphatic heterocycles. The molecule has 1 fully saturated rings. The average molecular weight is 320 g/mol. The van der Waals surface area contributed by atoms with Crippen LogP contribution < -0.4 is 0 Å². The van der Waals surface area contributed by atoms with E-state index >= 15 is 0 Å². The highest BCUT2D eigenvalue weighted by atomic mass is 16.7. The molecule has 0 heterocycles. The predicted molar refractivity (Wildman–Crippen MR) is 70.4 cm³/mol. The maximum absolute atomic E-state index is 9.27. The van der Waals surface area contributed by atoms with Gasteiger partial charge in [-0.15, -0.1) is 0 Å². The second-order valence-corrected chi connectivity index (χ2v) is 3.84. The van der Waals surface area contributed by atoms with Crippen LogP contribution >= 0.6 is 0 Å². The van der Waals surface area contributed by atoms with Crippen molar-refractivity contribution >= 4 is 22.8 Å². The molecule has 0 amide bonds. The molecule has 1 aliphatic carbocycles. The quantitative estimate of drug-likeness (QED) is 0.299. The minimum absolute atomic E-state index is 0.552. The van der Waals surface area contributed by atoms with Crippen LogP contribution in [0.1, 0.15) is 0 Å². The Morgan fingerprint density at radius 2 is 0.727 bits per heavy atom. The lowest BCUT2D eigenvalue weighted by Crippen LogP contribution is -2.71. The highest BCUT2D eigenvalue weighted by Gasteiger charge is 2.65. The summed E-state index contributed by atoms with van der Waals surface area (Å²) in [7, 11) is 4.49. The molecule has 1 saturated carbocycles. The van der Waals surface area contributed by atoms with E-state index in [1.54, 1.807) is 0 Å². The third-order valence-corrected chi connectivity index (χ3v) is 3.25. The maximum Gasteiger partial charge on any atom is 0.268 e. The Morgan fingerprint density at radius 3 is 0.818 bits per heavy atom. The molecule has 22 heavy (non-hydrogen) atoms. The van der Waals surface area contributed by atoms with Crippen LogP contribution in [0.5, 0.6) is 0 Å². The molecule has 12 heteroatoms. The van der Waals surface area contributed by atoms with Crippen molar-refractivity contribution < 1.29 is 39.8 Å². The van der Waals surface area contributed by atoms with Crippen LogP contribution in [0, 0.1) is 0 Å². The summed E-state index contributed by atoms with van der Waals surface area (Å²) in [6, 6.07) is 0. The van der Waals surface area contributed by atoms with E-state index in [2.05, 4.69) is 20.6 Å². The Morgan fingerprint density at radius 1 is 0.545 bits per heavy atom. The molecule has 0 aromatic heterocycles. The second kappa shape index (κ2) is 6.65. The molecule has 0 spiro atoms.